The fourth-order valence-corrected chi connectivity index (χ4v) is 5.55. The molecule has 1 saturated heterocycles. The van der Waals surface area contributed by atoms with Crippen molar-refractivity contribution in [2.75, 3.05) is 20.8 Å². The largest absolute Gasteiger partial charge is 0.497 e. The van der Waals surface area contributed by atoms with E-state index < -0.39 is 12.1 Å². The third kappa shape index (κ3) is 12.1. The Labute approximate surface area is 274 Å². The second kappa shape index (κ2) is 18.3. The number of esters is 1. The van der Waals surface area contributed by atoms with E-state index in [9.17, 15) is 4.79 Å². The maximum atomic E-state index is 12.9. The number of rotatable bonds is 9. The minimum absolute atomic E-state index is 0.0358. The zero-order valence-electron chi connectivity index (χ0n) is 27.6. The maximum Gasteiger partial charge on any atom is 0.331 e. The van der Waals surface area contributed by atoms with Gasteiger partial charge in [0.25, 0.3) is 0 Å². The van der Waals surface area contributed by atoms with Gasteiger partial charge in [-0.05, 0) is 74.9 Å². The van der Waals surface area contributed by atoms with Gasteiger partial charge < -0.3 is 28.4 Å². The molecule has 0 saturated carbocycles. The van der Waals surface area contributed by atoms with E-state index >= 15 is 0 Å². The molecule has 2 heterocycles. The Morgan fingerprint density at radius 3 is 2.20 bits per heavy atom. The van der Waals surface area contributed by atoms with Crippen LogP contribution in [0.1, 0.15) is 57.1 Å². The van der Waals surface area contributed by atoms with E-state index in [4.69, 9.17) is 28.4 Å². The first-order valence-corrected chi connectivity index (χ1v) is 15.9. The van der Waals surface area contributed by atoms with Crippen LogP contribution < -0.4 is 9.47 Å². The topological polar surface area (TPSA) is 72.5 Å². The van der Waals surface area contributed by atoms with Gasteiger partial charge in [-0.25, -0.2) is 4.79 Å². The molecule has 7 nitrogen and oxygen atoms in total. The lowest BCUT2D eigenvalue weighted by atomic mass is 9.95. The average Bonchev–Trinajstić information content (AvgIpc) is 3.03. The molecule has 0 spiro atoms. The van der Waals surface area contributed by atoms with E-state index in [-0.39, 0.29) is 24.9 Å². The van der Waals surface area contributed by atoms with Crippen LogP contribution >= 0.6 is 0 Å². The summed E-state index contributed by atoms with van der Waals surface area (Å²) in [6, 6.07) is 15.6. The number of hydrogen-bond donors (Lipinski definition) is 0. The highest BCUT2D eigenvalue weighted by molar-refractivity contribution is 5.82. The van der Waals surface area contributed by atoms with E-state index in [0.29, 0.717) is 26.1 Å². The summed E-state index contributed by atoms with van der Waals surface area (Å²) < 4.78 is 35.2. The van der Waals surface area contributed by atoms with Gasteiger partial charge in [0.15, 0.2) is 0 Å². The number of carbonyl (C=O) groups excluding carboxylic acids is 1. The summed E-state index contributed by atoms with van der Waals surface area (Å²) in [6.07, 6.45) is 14.5. The molecule has 7 heteroatoms. The molecule has 46 heavy (non-hydrogen) atoms. The minimum atomic E-state index is -0.447. The lowest BCUT2D eigenvalue weighted by molar-refractivity contribution is -0.146. The summed E-state index contributed by atoms with van der Waals surface area (Å²) in [7, 11) is 3.30. The molecule has 0 amide bonds. The second-order valence-electron chi connectivity index (χ2n) is 12.0. The van der Waals surface area contributed by atoms with E-state index in [2.05, 4.69) is 24.8 Å². The highest BCUT2D eigenvalue weighted by Crippen LogP contribution is 2.28. The van der Waals surface area contributed by atoms with Gasteiger partial charge >= 0.3 is 5.97 Å². The van der Waals surface area contributed by atoms with E-state index in [1.165, 1.54) is 11.6 Å². The van der Waals surface area contributed by atoms with Crippen LogP contribution in [0.15, 0.2) is 108 Å². The van der Waals surface area contributed by atoms with Gasteiger partial charge in [0, 0.05) is 12.5 Å². The highest BCUT2D eigenvalue weighted by atomic mass is 16.6. The van der Waals surface area contributed by atoms with Gasteiger partial charge in [-0.1, -0.05) is 77.9 Å². The van der Waals surface area contributed by atoms with Gasteiger partial charge in [-0.2, -0.15) is 0 Å². The molecule has 1 fully saturated rings. The number of carbonyl (C=O) groups is 1. The molecule has 2 aliphatic heterocycles. The zero-order chi connectivity index (χ0) is 32.7. The molecule has 0 N–H and O–H groups in total. The van der Waals surface area contributed by atoms with Crippen LogP contribution in [0.2, 0.25) is 0 Å². The number of cyclic esters (lactones) is 1. The first kappa shape index (κ1) is 35.0. The first-order chi connectivity index (χ1) is 22.3. The van der Waals surface area contributed by atoms with Crippen molar-refractivity contribution in [3.8, 4) is 11.5 Å². The van der Waals surface area contributed by atoms with Crippen molar-refractivity contribution in [2.45, 2.75) is 83.6 Å². The average molecular weight is 629 g/mol. The molecule has 2 aromatic carbocycles. The summed E-state index contributed by atoms with van der Waals surface area (Å²) in [6.45, 7) is 9.53. The Bertz CT molecular complexity index is 1380. The van der Waals surface area contributed by atoms with Gasteiger partial charge in [0.1, 0.15) is 17.6 Å². The molecule has 0 radical (unpaired) electrons. The van der Waals surface area contributed by atoms with Crippen LogP contribution in [0, 0.1) is 0 Å². The number of ether oxygens (including phenoxy) is 6. The quantitative estimate of drug-likeness (QED) is 0.206. The molecular weight excluding hydrogens is 580 g/mol. The summed E-state index contributed by atoms with van der Waals surface area (Å²) >= 11 is 0. The molecule has 0 aliphatic carbocycles. The third-order valence-electron chi connectivity index (χ3n) is 7.92. The number of allylic oxidation sites excluding steroid dienone is 2. The molecule has 1 unspecified atom stereocenters. The summed E-state index contributed by atoms with van der Waals surface area (Å²) in [5.41, 5.74) is 5.41. The van der Waals surface area contributed by atoms with Crippen LogP contribution in [-0.4, -0.2) is 51.2 Å². The van der Waals surface area contributed by atoms with Crippen molar-refractivity contribution in [3.05, 3.63) is 119 Å². The molecule has 4 atom stereocenters. The van der Waals surface area contributed by atoms with Crippen molar-refractivity contribution < 1.29 is 33.2 Å². The molecule has 2 aliphatic rings. The Morgan fingerprint density at radius 1 is 0.848 bits per heavy atom. The van der Waals surface area contributed by atoms with Crippen molar-refractivity contribution in [1.82, 2.24) is 0 Å². The second-order valence-corrected chi connectivity index (χ2v) is 12.0. The van der Waals surface area contributed by atoms with Crippen LogP contribution in [-0.2, 0) is 37.0 Å². The van der Waals surface area contributed by atoms with Crippen molar-refractivity contribution in [1.29, 1.82) is 0 Å². The maximum absolute atomic E-state index is 12.9. The fourth-order valence-electron chi connectivity index (χ4n) is 5.55. The summed E-state index contributed by atoms with van der Waals surface area (Å²) in [5, 5.41) is 0. The van der Waals surface area contributed by atoms with Crippen LogP contribution in [0.25, 0.3) is 0 Å². The fraction of sp³-hybridized carbons (Fsp3) is 0.410. The third-order valence-corrected chi connectivity index (χ3v) is 7.92. The van der Waals surface area contributed by atoms with Crippen molar-refractivity contribution >= 4 is 5.97 Å². The van der Waals surface area contributed by atoms with E-state index in [0.717, 1.165) is 53.0 Å². The normalized spacial score (nSPS) is 26.7. The van der Waals surface area contributed by atoms with Crippen molar-refractivity contribution in [3.63, 3.8) is 0 Å². The molecule has 2 bridgehead atoms. The van der Waals surface area contributed by atoms with Gasteiger partial charge in [-0.15, -0.1) is 0 Å². The number of benzene rings is 2. The molecule has 4 rings (SSSR count). The van der Waals surface area contributed by atoms with Gasteiger partial charge in [-0.3, -0.25) is 0 Å². The van der Waals surface area contributed by atoms with E-state index in [1.54, 1.807) is 20.3 Å². The molecule has 0 aromatic heterocycles. The van der Waals surface area contributed by atoms with Crippen molar-refractivity contribution in [2.24, 2.45) is 0 Å². The van der Waals surface area contributed by atoms with Gasteiger partial charge in [0.2, 0.25) is 0 Å². The molecular formula is C39H48O7. The highest BCUT2D eigenvalue weighted by Gasteiger charge is 2.24. The first-order valence-electron chi connectivity index (χ1n) is 15.9. The Kier molecular flexibility index (Phi) is 13.9. The smallest absolute Gasteiger partial charge is 0.331 e. The number of fused-ring (bicyclic) bond motifs is 2. The van der Waals surface area contributed by atoms with Crippen LogP contribution in [0.4, 0.5) is 0 Å². The predicted molar refractivity (Wildman–Crippen MR) is 181 cm³/mol. The molecule has 246 valence electrons. The monoisotopic (exact) mass is 628 g/mol. The van der Waals surface area contributed by atoms with Crippen LogP contribution in [0.5, 0.6) is 11.5 Å². The Balaban J connectivity index is 1.47. The standard InChI is InChI=1S/C39H48O7/c1-28-8-6-11-39(40)46-38(27-43-25-31-12-16-33(41-4)17-13-31)24-30(3)23-37-22-29(2)21-36(45-37)10-7-9-35(20-28)44-26-32-14-18-34(42-5)19-15-32/h6-9,11-19,23,35-38H,2,10,20-22,24-27H2,1,3-5H3/b9-7-,11-6+,28-8-,30-23-/t35?,36-,37-,38-/m0/s1. The minimum Gasteiger partial charge on any atom is -0.497 e. The summed E-state index contributed by atoms with van der Waals surface area (Å²) in [5.74, 6) is 1.19. The SMILES string of the molecule is C=C1C[C@@H]2C/C=C\C(OCc3ccc(OC)cc3)C/C(C)=C\C=C\C(=O)O[C@H](COCc3ccc(OC)cc3)C/C(C)=C\[C@H](C1)O2. The summed E-state index contributed by atoms with van der Waals surface area (Å²) in [4.78, 5) is 12.9. The zero-order valence-corrected chi connectivity index (χ0v) is 27.6. The molecule has 2 aromatic rings. The lowest BCUT2D eigenvalue weighted by Gasteiger charge is -2.30. The van der Waals surface area contributed by atoms with Gasteiger partial charge in [0.05, 0.1) is 52.4 Å². The Morgan fingerprint density at radius 2 is 1.52 bits per heavy atom. The predicted octanol–water partition coefficient (Wildman–Crippen LogP) is 8.01. The Hall–Kier alpha value is -3.91. The number of methoxy groups -OCH3 is 2. The van der Waals surface area contributed by atoms with E-state index in [1.807, 2.05) is 68.5 Å². The lowest BCUT2D eigenvalue weighted by Crippen LogP contribution is -2.28. The van der Waals surface area contributed by atoms with Crippen LogP contribution in [0.3, 0.4) is 0 Å². The number of hydrogen-bond acceptors (Lipinski definition) is 7.